The fraction of sp³-hybridized carbons (Fsp3) is 0.0250. The molecular formula is C40H25F3N2. The highest BCUT2D eigenvalue weighted by Crippen LogP contribution is 2.40. The summed E-state index contributed by atoms with van der Waals surface area (Å²) in [5.41, 5.74) is 4.30. The number of benzene rings is 7. The van der Waals surface area contributed by atoms with E-state index >= 15 is 0 Å². The van der Waals surface area contributed by atoms with Gasteiger partial charge < -0.3 is 4.90 Å². The summed E-state index contributed by atoms with van der Waals surface area (Å²) in [6.45, 7) is 0. The van der Waals surface area contributed by atoms with Gasteiger partial charge in [0, 0.05) is 27.5 Å². The normalized spacial score (nSPS) is 11.8. The summed E-state index contributed by atoms with van der Waals surface area (Å²) >= 11 is 0. The van der Waals surface area contributed by atoms with Gasteiger partial charge in [-0.05, 0) is 81.9 Å². The van der Waals surface area contributed by atoms with Gasteiger partial charge in [-0.1, -0.05) is 97.1 Å². The number of nitriles is 1. The van der Waals surface area contributed by atoms with Gasteiger partial charge in [-0.15, -0.1) is 0 Å². The first kappa shape index (κ1) is 27.9. The highest BCUT2D eigenvalue weighted by Gasteiger charge is 2.30. The Kier molecular flexibility index (Phi) is 7.04. The smallest absolute Gasteiger partial charge is 0.310 e. The summed E-state index contributed by atoms with van der Waals surface area (Å²) in [5.74, 6) is 0. The lowest BCUT2D eigenvalue weighted by Gasteiger charge is -2.27. The van der Waals surface area contributed by atoms with Crippen molar-refractivity contribution in [1.29, 1.82) is 5.26 Å². The van der Waals surface area contributed by atoms with Crippen molar-refractivity contribution >= 4 is 61.5 Å². The Morgan fingerprint density at radius 3 is 1.82 bits per heavy atom. The van der Waals surface area contributed by atoms with Crippen LogP contribution in [-0.2, 0) is 6.18 Å². The number of anilines is 3. The minimum Gasteiger partial charge on any atom is -0.310 e. The first-order valence-electron chi connectivity index (χ1n) is 14.5. The predicted molar refractivity (Wildman–Crippen MR) is 179 cm³/mol. The molecule has 0 radical (unpaired) electrons. The Hall–Kier alpha value is -5.86. The van der Waals surface area contributed by atoms with E-state index in [0.717, 1.165) is 67.0 Å². The molecular weight excluding hydrogens is 565 g/mol. The van der Waals surface area contributed by atoms with Gasteiger partial charge in [0.1, 0.15) is 6.07 Å². The van der Waals surface area contributed by atoms with Crippen molar-refractivity contribution in [2.75, 3.05) is 4.90 Å². The third-order valence-corrected chi connectivity index (χ3v) is 8.08. The molecule has 0 atom stereocenters. The molecule has 0 spiro atoms. The Morgan fingerprint density at radius 2 is 1.11 bits per heavy atom. The lowest BCUT2D eigenvalue weighted by Crippen LogP contribution is -2.11. The molecule has 0 saturated heterocycles. The molecule has 0 aliphatic rings. The summed E-state index contributed by atoms with van der Waals surface area (Å²) in [6.07, 6.45) is -0.348. The average molecular weight is 591 g/mol. The van der Waals surface area contributed by atoms with E-state index in [1.807, 2.05) is 120 Å². The second kappa shape index (κ2) is 11.3. The van der Waals surface area contributed by atoms with Crippen molar-refractivity contribution in [3.05, 3.63) is 162 Å². The molecule has 0 unspecified atom stereocenters. The zero-order valence-corrected chi connectivity index (χ0v) is 24.0. The Bertz CT molecular complexity index is 2250. The maximum atomic E-state index is 13.4. The van der Waals surface area contributed by atoms with E-state index in [1.54, 1.807) is 0 Å². The third-order valence-electron chi connectivity index (χ3n) is 8.08. The summed E-state index contributed by atoms with van der Waals surface area (Å²) < 4.78 is 40.1. The highest BCUT2D eigenvalue weighted by molar-refractivity contribution is 6.05. The molecule has 0 aromatic heterocycles. The van der Waals surface area contributed by atoms with E-state index in [2.05, 4.69) is 18.2 Å². The first-order valence-corrected chi connectivity index (χ1v) is 14.5. The molecule has 7 aromatic carbocycles. The Balaban J connectivity index is 1.24. The molecule has 216 valence electrons. The predicted octanol–water partition coefficient (Wildman–Crippen LogP) is 11.7. The monoisotopic (exact) mass is 590 g/mol. The van der Waals surface area contributed by atoms with Gasteiger partial charge >= 0.3 is 6.18 Å². The quantitative estimate of drug-likeness (QED) is 0.147. The molecule has 0 fully saturated rings. The third kappa shape index (κ3) is 5.39. The van der Waals surface area contributed by atoms with Gasteiger partial charge in [0.05, 0.1) is 16.8 Å². The van der Waals surface area contributed by atoms with Gasteiger partial charge in [-0.2, -0.15) is 18.4 Å². The first-order chi connectivity index (χ1) is 21.9. The minimum atomic E-state index is -4.41. The van der Waals surface area contributed by atoms with Crippen LogP contribution >= 0.6 is 0 Å². The van der Waals surface area contributed by atoms with Crippen molar-refractivity contribution in [2.45, 2.75) is 6.18 Å². The van der Waals surface area contributed by atoms with Crippen molar-refractivity contribution < 1.29 is 13.2 Å². The molecule has 0 aliphatic heterocycles. The van der Waals surface area contributed by atoms with Gasteiger partial charge in [0.2, 0.25) is 0 Å². The molecule has 7 rings (SSSR count). The van der Waals surface area contributed by atoms with Crippen LogP contribution in [0.1, 0.15) is 22.3 Å². The van der Waals surface area contributed by atoms with Crippen LogP contribution < -0.4 is 4.90 Å². The van der Waals surface area contributed by atoms with Crippen molar-refractivity contribution in [3.8, 4) is 6.07 Å². The zero-order valence-electron chi connectivity index (χ0n) is 24.0. The van der Waals surface area contributed by atoms with E-state index in [4.69, 9.17) is 0 Å². The molecule has 45 heavy (non-hydrogen) atoms. The highest BCUT2D eigenvalue weighted by atomic mass is 19.4. The molecule has 0 aliphatic carbocycles. The number of hydrogen-bond acceptors (Lipinski definition) is 2. The lowest BCUT2D eigenvalue weighted by atomic mass is 9.96. The fourth-order valence-electron chi connectivity index (χ4n) is 5.87. The summed E-state index contributed by atoms with van der Waals surface area (Å²) in [6, 6.07) is 45.6. The minimum absolute atomic E-state index is 0.628. The molecule has 0 N–H and O–H groups in total. The molecule has 2 nitrogen and oxygen atoms in total. The van der Waals surface area contributed by atoms with Crippen molar-refractivity contribution in [3.63, 3.8) is 0 Å². The van der Waals surface area contributed by atoms with E-state index in [0.29, 0.717) is 11.3 Å². The van der Waals surface area contributed by atoms with E-state index in [1.165, 1.54) is 12.1 Å². The van der Waals surface area contributed by atoms with Gasteiger partial charge in [-0.25, -0.2) is 0 Å². The van der Waals surface area contributed by atoms with Gasteiger partial charge in [-0.3, -0.25) is 0 Å². The van der Waals surface area contributed by atoms with Crippen molar-refractivity contribution in [1.82, 2.24) is 0 Å². The molecule has 5 heteroatoms. The molecule has 0 heterocycles. The van der Waals surface area contributed by atoms with Crippen LogP contribution in [0.15, 0.2) is 140 Å². The summed E-state index contributed by atoms with van der Waals surface area (Å²) in [7, 11) is 0. The van der Waals surface area contributed by atoms with Crippen LogP contribution in [-0.4, -0.2) is 0 Å². The SMILES string of the molecule is N#Cc1c2ccccc2cc2cc(/C=C/c3ccc(N(c4ccc(C(F)(F)F)cc4)c4cccc5ccccc45)cc3)ccc12. The second-order valence-corrected chi connectivity index (χ2v) is 10.9. The number of hydrogen-bond donors (Lipinski definition) is 0. The molecule has 0 bridgehead atoms. The maximum absolute atomic E-state index is 13.4. The topological polar surface area (TPSA) is 27.0 Å². The van der Waals surface area contributed by atoms with Crippen molar-refractivity contribution in [2.24, 2.45) is 0 Å². The van der Waals surface area contributed by atoms with Crippen LogP contribution in [0.2, 0.25) is 0 Å². The van der Waals surface area contributed by atoms with E-state index < -0.39 is 11.7 Å². The van der Waals surface area contributed by atoms with Gasteiger partial charge in [0.15, 0.2) is 0 Å². The van der Waals surface area contributed by atoms with Crippen LogP contribution in [0.4, 0.5) is 30.2 Å². The molecule has 7 aromatic rings. The second-order valence-electron chi connectivity index (χ2n) is 10.9. The molecule has 0 amide bonds. The maximum Gasteiger partial charge on any atom is 0.416 e. The van der Waals surface area contributed by atoms with Crippen LogP contribution in [0.3, 0.4) is 0 Å². The van der Waals surface area contributed by atoms with Crippen LogP contribution in [0.25, 0.3) is 44.5 Å². The number of rotatable bonds is 5. The van der Waals surface area contributed by atoms with Crippen LogP contribution in [0, 0.1) is 11.3 Å². The Morgan fingerprint density at radius 1 is 0.533 bits per heavy atom. The number of halogens is 3. The van der Waals surface area contributed by atoms with E-state index in [9.17, 15) is 18.4 Å². The van der Waals surface area contributed by atoms with Gasteiger partial charge in [0.25, 0.3) is 0 Å². The largest absolute Gasteiger partial charge is 0.416 e. The number of fused-ring (bicyclic) bond motifs is 3. The molecule has 0 saturated carbocycles. The summed E-state index contributed by atoms with van der Waals surface area (Å²) in [4.78, 5) is 1.98. The average Bonchev–Trinajstić information content (AvgIpc) is 3.07. The number of nitrogens with zero attached hydrogens (tertiary/aromatic N) is 2. The van der Waals surface area contributed by atoms with Crippen LogP contribution in [0.5, 0.6) is 0 Å². The zero-order chi connectivity index (χ0) is 31.0. The number of alkyl halides is 3. The lowest BCUT2D eigenvalue weighted by molar-refractivity contribution is -0.137. The van der Waals surface area contributed by atoms with E-state index in [-0.39, 0.29) is 0 Å². The Labute approximate surface area is 258 Å². The summed E-state index contributed by atoms with van der Waals surface area (Å²) in [5, 5.41) is 15.8. The standard InChI is InChI=1S/C40H25F3N2/c41-40(42,43)32-17-21-34(22-18-32)45(39-11-5-8-29-6-1-4-10-37(29)39)33-19-14-27(15-20-33)12-13-28-16-23-36-31(24-28)25-30-7-2-3-9-35(30)38(36)26-44/h1-25H/b13-12+. The fourth-order valence-corrected chi connectivity index (χ4v) is 5.87.